The van der Waals surface area contributed by atoms with Crippen LogP contribution in [0.1, 0.15) is 335 Å². The lowest BCUT2D eigenvalue weighted by atomic mass is 10.0. The number of carbonyl (C=O) groups is 3. The second-order valence-corrected chi connectivity index (χ2v) is 24.8. The first-order chi connectivity index (χ1) is 39.6. The molecule has 0 aromatic heterocycles. The van der Waals surface area contributed by atoms with Crippen molar-refractivity contribution in [3.63, 3.8) is 0 Å². The molecule has 2 unspecified atom stereocenters. The van der Waals surface area contributed by atoms with Crippen molar-refractivity contribution in [2.45, 2.75) is 347 Å². The monoisotopic (exact) mass is 1140 g/mol. The molecular formula is C72H133NO8. The summed E-state index contributed by atoms with van der Waals surface area (Å²) in [6, 6.07) is 0. The molecule has 0 N–H and O–H groups in total. The Morgan fingerprint density at radius 2 is 0.704 bits per heavy atom. The van der Waals surface area contributed by atoms with Crippen molar-refractivity contribution < 1.29 is 42.9 Å². The highest BCUT2D eigenvalue weighted by molar-refractivity contribution is 5.70. The molecule has 0 rings (SSSR count). The second kappa shape index (κ2) is 63.3. The zero-order valence-corrected chi connectivity index (χ0v) is 54.2. The molecule has 9 heteroatoms. The summed E-state index contributed by atoms with van der Waals surface area (Å²) in [6.07, 6.45) is 77.7. The normalized spacial score (nSPS) is 13.0. The van der Waals surface area contributed by atoms with Gasteiger partial charge in [0.05, 0.1) is 40.3 Å². The first-order valence-electron chi connectivity index (χ1n) is 34.8. The number of unbranched alkanes of at least 4 members (excludes halogenated alkanes) is 42. The maximum Gasteiger partial charge on any atom is 0.306 e. The minimum atomic E-state index is -1.62. The average molecular weight is 1140 g/mol. The van der Waals surface area contributed by atoms with E-state index >= 15 is 0 Å². The highest BCUT2D eigenvalue weighted by Gasteiger charge is 2.22. The minimum absolute atomic E-state index is 0.151. The number of rotatable bonds is 65. The summed E-state index contributed by atoms with van der Waals surface area (Å²) in [5.74, 6) is -2.25. The Balaban J connectivity index is 4.03. The summed E-state index contributed by atoms with van der Waals surface area (Å²) in [5.41, 5.74) is 0. The van der Waals surface area contributed by atoms with Crippen molar-refractivity contribution in [3.05, 3.63) is 48.6 Å². The van der Waals surface area contributed by atoms with Crippen LogP contribution in [0.15, 0.2) is 48.6 Å². The van der Waals surface area contributed by atoms with Crippen LogP contribution < -0.4 is 5.11 Å². The summed E-state index contributed by atoms with van der Waals surface area (Å²) < 4.78 is 22.8. The van der Waals surface area contributed by atoms with E-state index in [2.05, 4.69) is 62.5 Å². The molecule has 0 radical (unpaired) electrons. The third kappa shape index (κ3) is 64.7. The molecule has 0 amide bonds. The van der Waals surface area contributed by atoms with Crippen LogP contribution in [0.2, 0.25) is 0 Å². The van der Waals surface area contributed by atoms with E-state index in [9.17, 15) is 19.5 Å². The predicted molar refractivity (Wildman–Crippen MR) is 343 cm³/mol. The van der Waals surface area contributed by atoms with Gasteiger partial charge in [0, 0.05) is 12.8 Å². The van der Waals surface area contributed by atoms with Crippen LogP contribution in [-0.4, -0.2) is 82.3 Å². The molecule has 0 aromatic carbocycles. The molecule has 0 saturated heterocycles. The van der Waals surface area contributed by atoms with Crippen molar-refractivity contribution in [2.75, 3.05) is 47.5 Å². The average Bonchev–Trinajstić information content (AvgIpc) is 3.44. The van der Waals surface area contributed by atoms with Crippen LogP contribution in [0.3, 0.4) is 0 Å². The fourth-order valence-electron chi connectivity index (χ4n) is 10.3. The number of nitrogens with zero attached hydrogens (tertiary/aromatic N) is 1. The van der Waals surface area contributed by atoms with Gasteiger partial charge in [0.1, 0.15) is 13.2 Å². The molecule has 9 nitrogen and oxygen atoms in total. The Morgan fingerprint density at radius 1 is 0.383 bits per heavy atom. The summed E-state index contributed by atoms with van der Waals surface area (Å²) in [6.45, 7) is 4.70. The number of carbonyl (C=O) groups excluding carboxylic acids is 3. The number of hydrogen-bond donors (Lipinski definition) is 0. The van der Waals surface area contributed by atoms with E-state index in [0.29, 0.717) is 17.4 Å². The summed E-state index contributed by atoms with van der Waals surface area (Å²) in [5, 5.41) is 11.8. The fraction of sp³-hybridized carbons (Fsp3) is 0.847. The smallest absolute Gasteiger partial charge is 0.306 e. The molecule has 0 bridgehead atoms. The van der Waals surface area contributed by atoms with Crippen LogP contribution in [0.25, 0.3) is 0 Å². The third-order valence-electron chi connectivity index (χ3n) is 15.6. The summed E-state index contributed by atoms with van der Waals surface area (Å²) >= 11 is 0. The molecule has 0 spiro atoms. The minimum Gasteiger partial charge on any atom is -0.545 e. The third-order valence-corrected chi connectivity index (χ3v) is 15.6. The van der Waals surface area contributed by atoms with E-state index in [-0.39, 0.29) is 32.2 Å². The number of likely N-dealkylation sites (N-methyl/N-ethyl adjacent to an activating group) is 1. The van der Waals surface area contributed by atoms with Crippen LogP contribution >= 0.6 is 0 Å². The number of quaternary nitrogens is 1. The van der Waals surface area contributed by atoms with Crippen molar-refractivity contribution in [2.24, 2.45) is 0 Å². The number of carboxylic acid groups (broad SMARTS) is 1. The van der Waals surface area contributed by atoms with Gasteiger partial charge in [-0.1, -0.05) is 319 Å². The number of ether oxygens (including phenoxy) is 4. The van der Waals surface area contributed by atoms with E-state index in [1.807, 2.05) is 21.1 Å². The number of aliphatic carboxylic acids is 1. The number of hydrogen-bond acceptors (Lipinski definition) is 8. The van der Waals surface area contributed by atoms with E-state index in [0.717, 1.165) is 64.2 Å². The standard InChI is InChI=1S/C72H133NO8/c1-6-8-10-12-14-16-18-20-22-24-26-28-29-30-31-32-33-34-35-36-37-38-39-40-41-43-45-47-49-51-53-55-57-59-61-63-70(75)81-68(67-80-72(71(76)77)78-65-64-73(3,4)5)66-79-69(74)62-60-58-56-54-52-50-48-46-44-42-27-25-23-21-19-17-15-13-11-9-7-2/h8,10,14,16,20,22,26,28,68,72H,6-7,9,11-13,15,17-19,21,23-25,27,29-67H2,1-5H3/b10-8-,16-14-,22-20-,28-26-. The Bertz CT molecular complexity index is 1470. The predicted octanol–water partition coefficient (Wildman–Crippen LogP) is 20.0. The lowest BCUT2D eigenvalue weighted by Gasteiger charge is -2.26. The Hall–Kier alpha value is -2.75. The SMILES string of the molecule is CC/C=C\C/C=C\C/C=C\C/C=C\CCCCCCCCCCCCCCCCCCCCCCCCC(=O)OC(COC(=O)CCCCCCCCCCCCCCCCCCCCCCC)COC(OCC[N+](C)(C)C)C(=O)[O-]. The molecule has 0 aliphatic carbocycles. The lowest BCUT2D eigenvalue weighted by molar-refractivity contribution is -0.870. The second-order valence-electron chi connectivity index (χ2n) is 24.8. The van der Waals surface area contributed by atoms with E-state index in [4.69, 9.17) is 18.9 Å². The quantitative estimate of drug-likeness (QED) is 0.0195. The zero-order chi connectivity index (χ0) is 59.1. The van der Waals surface area contributed by atoms with Gasteiger partial charge in [0.2, 0.25) is 0 Å². The van der Waals surface area contributed by atoms with Crippen LogP contribution in [-0.2, 0) is 33.3 Å². The van der Waals surface area contributed by atoms with Gasteiger partial charge in [-0.15, -0.1) is 0 Å². The molecule has 0 heterocycles. The Morgan fingerprint density at radius 3 is 1.05 bits per heavy atom. The lowest BCUT2D eigenvalue weighted by Crippen LogP contribution is -2.44. The summed E-state index contributed by atoms with van der Waals surface area (Å²) in [7, 11) is 5.94. The van der Waals surface area contributed by atoms with Crippen molar-refractivity contribution in [3.8, 4) is 0 Å². The van der Waals surface area contributed by atoms with E-state index in [1.165, 1.54) is 244 Å². The number of esters is 2. The largest absolute Gasteiger partial charge is 0.545 e. The van der Waals surface area contributed by atoms with Gasteiger partial charge in [-0.05, 0) is 51.4 Å². The van der Waals surface area contributed by atoms with Crippen molar-refractivity contribution in [1.82, 2.24) is 0 Å². The van der Waals surface area contributed by atoms with Crippen LogP contribution in [0, 0.1) is 0 Å². The molecule has 81 heavy (non-hydrogen) atoms. The van der Waals surface area contributed by atoms with Crippen molar-refractivity contribution >= 4 is 17.9 Å². The molecular weight excluding hydrogens is 1010 g/mol. The topological polar surface area (TPSA) is 111 Å². The van der Waals surface area contributed by atoms with Gasteiger partial charge in [-0.25, -0.2) is 0 Å². The molecule has 2 atom stereocenters. The number of allylic oxidation sites excluding steroid dienone is 8. The molecule has 0 aliphatic rings. The zero-order valence-electron chi connectivity index (χ0n) is 54.2. The van der Waals surface area contributed by atoms with Gasteiger partial charge in [-0.2, -0.15) is 0 Å². The van der Waals surface area contributed by atoms with E-state index in [1.54, 1.807) is 0 Å². The van der Waals surface area contributed by atoms with Crippen LogP contribution in [0.5, 0.6) is 0 Å². The van der Waals surface area contributed by atoms with Gasteiger partial charge in [0.15, 0.2) is 12.4 Å². The maximum absolute atomic E-state index is 12.9. The molecule has 0 aliphatic heterocycles. The maximum atomic E-state index is 12.9. The van der Waals surface area contributed by atoms with E-state index < -0.39 is 24.3 Å². The van der Waals surface area contributed by atoms with Gasteiger partial charge in [-0.3, -0.25) is 9.59 Å². The first kappa shape index (κ1) is 78.2. The van der Waals surface area contributed by atoms with Crippen LogP contribution in [0.4, 0.5) is 0 Å². The highest BCUT2D eigenvalue weighted by atomic mass is 16.7. The Kier molecular flexibility index (Phi) is 61.1. The fourth-order valence-corrected chi connectivity index (χ4v) is 10.3. The van der Waals surface area contributed by atoms with Gasteiger partial charge in [0.25, 0.3) is 0 Å². The van der Waals surface area contributed by atoms with Gasteiger partial charge >= 0.3 is 11.9 Å². The molecule has 0 fully saturated rings. The van der Waals surface area contributed by atoms with Gasteiger partial charge < -0.3 is 33.3 Å². The molecule has 0 saturated carbocycles. The summed E-state index contributed by atoms with van der Waals surface area (Å²) in [4.78, 5) is 37.5. The van der Waals surface area contributed by atoms with Crippen molar-refractivity contribution in [1.29, 1.82) is 0 Å². The number of carboxylic acids is 1. The molecule has 0 aromatic rings. The first-order valence-corrected chi connectivity index (χ1v) is 34.8. The Labute approximate surface area is 502 Å². The highest BCUT2D eigenvalue weighted by Crippen LogP contribution is 2.19. The molecule has 474 valence electrons.